The molecule has 1 fully saturated rings. The van der Waals surface area contributed by atoms with Crippen molar-refractivity contribution < 1.29 is 14.3 Å². The second kappa shape index (κ2) is 3.97. The molecule has 1 aliphatic heterocycles. The molecule has 64 valence electrons. The van der Waals surface area contributed by atoms with Crippen molar-refractivity contribution in [2.45, 2.75) is 19.1 Å². The van der Waals surface area contributed by atoms with Crippen LogP contribution in [0.2, 0.25) is 0 Å². The minimum absolute atomic E-state index is 0.164. The molecular formula is C7H12O3S. The summed E-state index contributed by atoms with van der Waals surface area (Å²) in [7, 11) is 1.40. The van der Waals surface area contributed by atoms with E-state index in [9.17, 15) is 4.79 Å². The summed E-state index contributed by atoms with van der Waals surface area (Å²) in [5, 5.41) is 0. The molecule has 0 saturated carbocycles. The standard InChI is InChI=1S/C7H12O3S/c1-5-6(10-5)3-11-4-7(8)9-2/h5-6H,3-4H2,1-2H3. The Morgan fingerprint density at radius 2 is 2.36 bits per heavy atom. The number of carbonyl (C=O) groups excluding carboxylic acids is 1. The van der Waals surface area contributed by atoms with Crippen molar-refractivity contribution in [3.8, 4) is 0 Å². The van der Waals surface area contributed by atoms with E-state index in [1.54, 1.807) is 11.8 Å². The number of hydrogen-bond donors (Lipinski definition) is 0. The highest BCUT2D eigenvalue weighted by molar-refractivity contribution is 7.99. The highest BCUT2D eigenvalue weighted by Crippen LogP contribution is 2.24. The van der Waals surface area contributed by atoms with E-state index in [1.807, 2.05) is 6.92 Å². The van der Waals surface area contributed by atoms with Crippen LogP contribution in [-0.2, 0) is 14.3 Å². The third-order valence-electron chi connectivity index (χ3n) is 1.57. The summed E-state index contributed by atoms with van der Waals surface area (Å²) in [4.78, 5) is 10.6. The fourth-order valence-electron chi connectivity index (χ4n) is 0.722. The Morgan fingerprint density at radius 1 is 1.73 bits per heavy atom. The molecule has 1 heterocycles. The van der Waals surface area contributed by atoms with Crippen LogP contribution in [0, 0.1) is 0 Å². The molecule has 0 aromatic rings. The Labute approximate surface area is 70.4 Å². The average molecular weight is 176 g/mol. The quantitative estimate of drug-likeness (QED) is 0.466. The van der Waals surface area contributed by atoms with E-state index in [-0.39, 0.29) is 5.97 Å². The predicted molar refractivity (Wildman–Crippen MR) is 43.7 cm³/mol. The first kappa shape index (κ1) is 8.87. The van der Waals surface area contributed by atoms with Crippen LogP contribution in [-0.4, -0.2) is 36.8 Å². The Kier molecular flexibility index (Phi) is 3.20. The van der Waals surface area contributed by atoms with Crippen LogP contribution >= 0.6 is 11.8 Å². The van der Waals surface area contributed by atoms with Gasteiger partial charge in [0, 0.05) is 5.75 Å². The van der Waals surface area contributed by atoms with Gasteiger partial charge >= 0.3 is 5.97 Å². The van der Waals surface area contributed by atoms with Gasteiger partial charge in [0.05, 0.1) is 25.1 Å². The highest BCUT2D eigenvalue weighted by atomic mass is 32.2. The highest BCUT2D eigenvalue weighted by Gasteiger charge is 2.33. The van der Waals surface area contributed by atoms with Crippen molar-refractivity contribution in [2.24, 2.45) is 0 Å². The number of epoxide rings is 1. The summed E-state index contributed by atoms with van der Waals surface area (Å²) in [5.41, 5.74) is 0. The van der Waals surface area contributed by atoms with E-state index < -0.39 is 0 Å². The van der Waals surface area contributed by atoms with Crippen molar-refractivity contribution in [2.75, 3.05) is 18.6 Å². The van der Waals surface area contributed by atoms with E-state index in [2.05, 4.69) is 4.74 Å². The molecule has 0 spiro atoms. The SMILES string of the molecule is COC(=O)CSCC1OC1C. The average Bonchev–Trinajstić information content (AvgIpc) is 2.66. The van der Waals surface area contributed by atoms with Gasteiger partial charge in [-0.2, -0.15) is 0 Å². The third kappa shape index (κ3) is 3.12. The summed E-state index contributed by atoms with van der Waals surface area (Å²) in [6.45, 7) is 2.03. The van der Waals surface area contributed by atoms with Gasteiger partial charge in [0.1, 0.15) is 0 Å². The molecular weight excluding hydrogens is 164 g/mol. The van der Waals surface area contributed by atoms with Gasteiger partial charge in [-0.3, -0.25) is 4.79 Å². The van der Waals surface area contributed by atoms with Gasteiger partial charge in [-0.05, 0) is 6.92 Å². The molecule has 11 heavy (non-hydrogen) atoms. The zero-order valence-electron chi connectivity index (χ0n) is 6.70. The molecule has 0 amide bonds. The summed E-state index contributed by atoms with van der Waals surface area (Å²) >= 11 is 1.56. The summed E-state index contributed by atoms with van der Waals surface area (Å²) in [6, 6.07) is 0. The predicted octanol–water partition coefficient (Wildman–Crippen LogP) is 0.680. The zero-order valence-corrected chi connectivity index (χ0v) is 7.52. The minimum atomic E-state index is -0.164. The number of methoxy groups -OCH3 is 1. The fraction of sp³-hybridized carbons (Fsp3) is 0.857. The molecule has 0 aromatic heterocycles. The van der Waals surface area contributed by atoms with E-state index >= 15 is 0 Å². The number of thioether (sulfide) groups is 1. The number of rotatable bonds is 4. The summed E-state index contributed by atoms with van der Waals surface area (Å²) in [5.74, 6) is 1.17. The van der Waals surface area contributed by atoms with E-state index in [0.29, 0.717) is 18.0 Å². The van der Waals surface area contributed by atoms with Crippen LogP contribution in [0.1, 0.15) is 6.92 Å². The Bertz CT molecular complexity index is 149. The van der Waals surface area contributed by atoms with Crippen LogP contribution in [0.15, 0.2) is 0 Å². The fourth-order valence-corrected chi connectivity index (χ4v) is 1.71. The van der Waals surface area contributed by atoms with E-state index in [4.69, 9.17) is 4.74 Å². The van der Waals surface area contributed by atoms with E-state index in [1.165, 1.54) is 7.11 Å². The molecule has 0 radical (unpaired) electrons. The van der Waals surface area contributed by atoms with Crippen molar-refractivity contribution in [1.29, 1.82) is 0 Å². The second-order valence-electron chi connectivity index (χ2n) is 2.47. The van der Waals surface area contributed by atoms with Crippen LogP contribution in [0.4, 0.5) is 0 Å². The molecule has 1 aliphatic rings. The monoisotopic (exact) mass is 176 g/mol. The first-order valence-electron chi connectivity index (χ1n) is 3.54. The molecule has 0 N–H and O–H groups in total. The lowest BCUT2D eigenvalue weighted by Gasteiger charge is -1.96. The molecule has 1 saturated heterocycles. The lowest BCUT2D eigenvalue weighted by atomic mass is 10.4. The number of hydrogen-bond acceptors (Lipinski definition) is 4. The van der Waals surface area contributed by atoms with Crippen molar-refractivity contribution in [3.63, 3.8) is 0 Å². The van der Waals surface area contributed by atoms with Crippen molar-refractivity contribution in [1.82, 2.24) is 0 Å². The van der Waals surface area contributed by atoms with Crippen molar-refractivity contribution >= 4 is 17.7 Å². The Balaban J connectivity index is 1.92. The molecule has 1 rings (SSSR count). The maximum Gasteiger partial charge on any atom is 0.315 e. The van der Waals surface area contributed by atoms with Gasteiger partial charge in [-0.1, -0.05) is 0 Å². The molecule has 4 heteroatoms. The number of ether oxygens (including phenoxy) is 2. The maximum absolute atomic E-state index is 10.6. The number of esters is 1. The normalized spacial score (nSPS) is 28.2. The minimum Gasteiger partial charge on any atom is -0.468 e. The molecule has 0 aromatic carbocycles. The first-order valence-corrected chi connectivity index (χ1v) is 4.69. The van der Waals surface area contributed by atoms with Crippen LogP contribution in [0.3, 0.4) is 0 Å². The lowest BCUT2D eigenvalue weighted by Crippen LogP contribution is -2.05. The Hall–Kier alpha value is -0.220. The van der Waals surface area contributed by atoms with Crippen LogP contribution in [0.25, 0.3) is 0 Å². The molecule has 2 atom stereocenters. The zero-order chi connectivity index (χ0) is 8.27. The third-order valence-corrected chi connectivity index (χ3v) is 2.57. The summed E-state index contributed by atoms with van der Waals surface area (Å²) in [6.07, 6.45) is 0.754. The van der Waals surface area contributed by atoms with Crippen LogP contribution in [0.5, 0.6) is 0 Å². The first-order chi connectivity index (χ1) is 5.24. The van der Waals surface area contributed by atoms with Gasteiger partial charge in [-0.15, -0.1) is 11.8 Å². The lowest BCUT2D eigenvalue weighted by molar-refractivity contribution is -0.137. The smallest absolute Gasteiger partial charge is 0.315 e. The second-order valence-corrected chi connectivity index (χ2v) is 3.50. The van der Waals surface area contributed by atoms with Gasteiger partial charge < -0.3 is 9.47 Å². The van der Waals surface area contributed by atoms with Gasteiger partial charge in [0.15, 0.2) is 0 Å². The van der Waals surface area contributed by atoms with E-state index in [0.717, 1.165) is 5.75 Å². The molecule has 0 aliphatic carbocycles. The summed E-state index contributed by atoms with van der Waals surface area (Å²) < 4.78 is 9.64. The van der Waals surface area contributed by atoms with Gasteiger partial charge in [-0.25, -0.2) is 0 Å². The molecule has 0 bridgehead atoms. The molecule has 3 nitrogen and oxygen atoms in total. The number of carbonyl (C=O) groups is 1. The molecule has 2 unspecified atom stereocenters. The van der Waals surface area contributed by atoms with Crippen molar-refractivity contribution in [3.05, 3.63) is 0 Å². The maximum atomic E-state index is 10.6. The largest absolute Gasteiger partial charge is 0.468 e. The topological polar surface area (TPSA) is 38.8 Å². The Morgan fingerprint density at radius 3 is 2.82 bits per heavy atom. The van der Waals surface area contributed by atoms with Crippen LogP contribution < -0.4 is 0 Å². The van der Waals surface area contributed by atoms with Gasteiger partial charge in [0.25, 0.3) is 0 Å². The van der Waals surface area contributed by atoms with Gasteiger partial charge in [0.2, 0.25) is 0 Å².